The molecule has 5 heterocycles. The average molecular weight is 453 g/mol. The van der Waals surface area contributed by atoms with Gasteiger partial charge in [0.25, 0.3) is 6.43 Å². The van der Waals surface area contributed by atoms with E-state index in [4.69, 9.17) is 9.47 Å². The molecular weight excluding hydrogens is 435 g/mol. The minimum Gasteiger partial charge on any atom is -0.493 e. The summed E-state index contributed by atoms with van der Waals surface area (Å²) >= 11 is 0. The predicted molar refractivity (Wildman–Crippen MR) is 113 cm³/mol. The molecule has 33 heavy (non-hydrogen) atoms. The first-order chi connectivity index (χ1) is 16.0. The van der Waals surface area contributed by atoms with Gasteiger partial charge in [0.1, 0.15) is 23.6 Å². The van der Waals surface area contributed by atoms with Gasteiger partial charge in [0.15, 0.2) is 17.2 Å². The molecule has 3 aromatic heterocycles. The van der Waals surface area contributed by atoms with Crippen molar-refractivity contribution in [2.24, 2.45) is 0 Å². The number of halogens is 3. The lowest BCUT2D eigenvalue weighted by Crippen LogP contribution is -2.13. The summed E-state index contributed by atoms with van der Waals surface area (Å²) in [6.07, 6.45) is -1.12. The van der Waals surface area contributed by atoms with E-state index in [1.54, 1.807) is 29.5 Å². The van der Waals surface area contributed by atoms with Crippen LogP contribution in [0.15, 0.2) is 36.7 Å². The van der Waals surface area contributed by atoms with Crippen LogP contribution in [-0.4, -0.2) is 32.8 Å². The fourth-order valence-electron chi connectivity index (χ4n) is 4.57. The van der Waals surface area contributed by atoms with Crippen molar-refractivity contribution in [3.05, 3.63) is 65.0 Å². The lowest BCUT2D eigenvalue weighted by molar-refractivity contribution is 0.146. The zero-order valence-corrected chi connectivity index (χ0v) is 17.5. The number of aryl methyl sites for hydroxylation is 1. The van der Waals surface area contributed by atoms with Crippen LogP contribution in [0.5, 0.6) is 11.5 Å². The van der Waals surface area contributed by atoms with Crippen molar-refractivity contribution < 1.29 is 22.6 Å². The normalized spacial score (nSPS) is 16.8. The van der Waals surface area contributed by atoms with Crippen LogP contribution < -0.4 is 14.8 Å². The van der Waals surface area contributed by atoms with Gasteiger partial charge in [-0.25, -0.2) is 13.2 Å². The predicted octanol–water partition coefficient (Wildman–Crippen LogP) is 4.66. The number of ether oxygens (including phenoxy) is 2. The Kier molecular flexibility index (Phi) is 4.42. The summed E-state index contributed by atoms with van der Waals surface area (Å²) in [6.45, 7) is 2.58. The summed E-state index contributed by atoms with van der Waals surface area (Å²) < 4.78 is 54.6. The molecule has 0 radical (unpaired) electrons. The fourth-order valence-corrected chi connectivity index (χ4v) is 4.57. The van der Waals surface area contributed by atoms with Gasteiger partial charge >= 0.3 is 0 Å². The van der Waals surface area contributed by atoms with Gasteiger partial charge in [-0.2, -0.15) is 0 Å². The lowest BCUT2D eigenvalue weighted by Gasteiger charge is -2.17. The largest absolute Gasteiger partial charge is 0.493 e. The third kappa shape index (κ3) is 3.08. The van der Waals surface area contributed by atoms with Crippen LogP contribution in [0.1, 0.15) is 34.9 Å². The second-order valence-corrected chi connectivity index (χ2v) is 8.08. The second-order valence-electron chi connectivity index (χ2n) is 8.08. The minimum atomic E-state index is -2.65. The molecule has 168 valence electrons. The van der Waals surface area contributed by atoms with Crippen molar-refractivity contribution in [2.45, 2.75) is 25.8 Å². The van der Waals surface area contributed by atoms with E-state index >= 15 is 0 Å². The maximum Gasteiger partial charge on any atom is 0.280 e. The first-order valence-electron chi connectivity index (χ1n) is 10.4. The van der Waals surface area contributed by atoms with Gasteiger partial charge < -0.3 is 14.8 Å². The summed E-state index contributed by atoms with van der Waals surface area (Å²) in [5.41, 5.74) is 3.30. The molecule has 1 aromatic carbocycles. The number of benzene rings is 1. The standard InChI is InChI=1S/C23H18F3N5O2/c1-11-13(2-4-17(29-11)21(25)26)14-6-19-23(31-10-28-30-22(14)31)27-7-15-16(24)3-5-18-20(15)12(8-32-18)9-33-19/h2-6,10,12,21,27H,7-9H2,1H3/t12-/m0/s1. The number of nitrogens with zero attached hydrogens (tertiary/aromatic N) is 4. The third-order valence-corrected chi connectivity index (χ3v) is 6.14. The molecule has 1 atom stereocenters. The Morgan fingerprint density at radius 2 is 1.91 bits per heavy atom. The topological polar surface area (TPSA) is 73.6 Å². The zero-order chi connectivity index (χ0) is 22.7. The molecule has 0 saturated heterocycles. The van der Waals surface area contributed by atoms with Crippen molar-refractivity contribution in [1.82, 2.24) is 19.6 Å². The Hall–Kier alpha value is -3.82. The van der Waals surface area contributed by atoms with Gasteiger partial charge in [0.2, 0.25) is 0 Å². The lowest BCUT2D eigenvalue weighted by atomic mass is 9.96. The molecule has 2 aliphatic heterocycles. The zero-order valence-electron chi connectivity index (χ0n) is 17.5. The van der Waals surface area contributed by atoms with E-state index in [9.17, 15) is 13.2 Å². The average Bonchev–Trinajstić information content (AvgIpc) is 3.45. The Bertz CT molecular complexity index is 1400. The molecule has 0 spiro atoms. The molecule has 0 amide bonds. The number of rotatable bonds is 2. The highest BCUT2D eigenvalue weighted by Crippen LogP contribution is 2.42. The Morgan fingerprint density at radius 3 is 2.70 bits per heavy atom. The number of hydrogen-bond donors (Lipinski definition) is 1. The molecule has 2 aliphatic rings. The summed E-state index contributed by atoms with van der Waals surface area (Å²) in [5.74, 6) is 1.33. The first-order valence-corrected chi connectivity index (χ1v) is 10.4. The molecule has 0 saturated carbocycles. The molecule has 7 nitrogen and oxygen atoms in total. The molecule has 0 aliphatic carbocycles. The fraction of sp³-hybridized carbons (Fsp3) is 0.261. The van der Waals surface area contributed by atoms with Crippen LogP contribution in [0, 0.1) is 12.7 Å². The van der Waals surface area contributed by atoms with Crippen molar-refractivity contribution in [3.8, 4) is 22.6 Å². The second kappa shape index (κ2) is 7.36. The van der Waals surface area contributed by atoms with E-state index in [1.165, 1.54) is 18.5 Å². The van der Waals surface area contributed by atoms with Gasteiger partial charge in [-0.15, -0.1) is 10.2 Å². The van der Waals surface area contributed by atoms with Crippen LogP contribution in [0.4, 0.5) is 19.0 Å². The number of fused-ring (bicyclic) bond motifs is 3. The van der Waals surface area contributed by atoms with Crippen LogP contribution in [0.25, 0.3) is 16.8 Å². The third-order valence-electron chi connectivity index (χ3n) is 6.14. The SMILES string of the molecule is Cc1nc(C(F)F)ccc1-c1cc2c(n3cnnc13)NCc1c(F)ccc3c1[C@@H](CO3)CO2. The molecule has 6 rings (SSSR count). The highest BCUT2D eigenvalue weighted by molar-refractivity contribution is 5.83. The van der Waals surface area contributed by atoms with Crippen molar-refractivity contribution in [2.75, 3.05) is 18.5 Å². The quantitative estimate of drug-likeness (QED) is 0.476. The van der Waals surface area contributed by atoms with Gasteiger partial charge in [-0.1, -0.05) is 6.07 Å². The van der Waals surface area contributed by atoms with Gasteiger partial charge in [-0.05, 0) is 31.2 Å². The van der Waals surface area contributed by atoms with Crippen LogP contribution in [0.3, 0.4) is 0 Å². The maximum atomic E-state index is 14.7. The van der Waals surface area contributed by atoms with E-state index in [0.29, 0.717) is 52.0 Å². The number of nitrogens with one attached hydrogen (secondary N) is 1. The van der Waals surface area contributed by atoms with Crippen LogP contribution in [-0.2, 0) is 6.54 Å². The van der Waals surface area contributed by atoms with E-state index in [1.807, 2.05) is 0 Å². The Balaban J connectivity index is 1.49. The molecule has 1 N–H and O–H groups in total. The number of alkyl halides is 2. The molecule has 0 bridgehead atoms. The van der Waals surface area contributed by atoms with E-state index in [0.717, 1.165) is 5.56 Å². The van der Waals surface area contributed by atoms with Gasteiger partial charge in [-0.3, -0.25) is 9.38 Å². The highest BCUT2D eigenvalue weighted by Gasteiger charge is 2.31. The molecule has 4 aromatic rings. The van der Waals surface area contributed by atoms with Gasteiger partial charge in [0, 0.05) is 34.5 Å². The number of aromatic nitrogens is 4. The molecular formula is C23H18F3N5O2. The van der Waals surface area contributed by atoms with E-state index < -0.39 is 6.43 Å². The Labute approximate surface area is 186 Å². The number of pyridine rings is 2. The number of anilines is 1. The summed E-state index contributed by atoms with van der Waals surface area (Å²) in [5, 5.41) is 11.5. The van der Waals surface area contributed by atoms with E-state index in [-0.39, 0.29) is 30.6 Å². The summed E-state index contributed by atoms with van der Waals surface area (Å²) in [7, 11) is 0. The van der Waals surface area contributed by atoms with Crippen molar-refractivity contribution in [3.63, 3.8) is 0 Å². The molecule has 0 unspecified atom stereocenters. The van der Waals surface area contributed by atoms with Crippen molar-refractivity contribution >= 4 is 11.5 Å². The monoisotopic (exact) mass is 453 g/mol. The Morgan fingerprint density at radius 1 is 1.09 bits per heavy atom. The summed E-state index contributed by atoms with van der Waals surface area (Å²) in [6, 6.07) is 7.76. The smallest absolute Gasteiger partial charge is 0.280 e. The van der Waals surface area contributed by atoms with Crippen LogP contribution in [0.2, 0.25) is 0 Å². The summed E-state index contributed by atoms with van der Waals surface area (Å²) in [4.78, 5) is 4.05. The molecule has 0 fully saturated rings. The van der Waals surface area contributed by atoms with Crippen LogP contribution >= 0.6 is 0 Å². The maximum absolute atomic E-state index is 14.7. The van der Waals surface area contributed by atoms with Crippen molar-refractivity contribution in [1.29, 1.82) is 0 Å². The highest BCUT2D eigenvalue weighted by atomic mass is 19.3. The van der Waals surface area contributed by atoms with E-state index in [2.05, 4.69) is 20.5 Å². The minimum absolute atomic E-state index is 0.118. The first kappa shape index (κ1) is 19.8. The number of hydrogen-bond acceptors (Lipinski definition) is 6. The van der Waals surface area contributed by atoms with Gasteiger partial charge in [0.05, 0.1) is 19.1 Å². The molecule has 10 heteroatoms.